The Hall–Kier alpha value is -1.89. The fourth-order valence-electron chi connectivity index (χ4n) is 2.88. The van der Waals surface area contributed by atoms with Gasteiger partial charge < -0.3 is 4.42 Å². The number of rotatable bonds is 4. The van der Waals surface area contributed by atoms with Gasteiger partial charge in [-0.15, -0.1) is 0 Å². The fraction of sp³-hybridized carbons (Fsp3) is 0.0476. The first-order valence-corrected chi connectivity index (χ1v) is 10.9. The molecule has 9 heteroatoms. The summed E-state index contributed by atoms with van der Waals surface area (Å²) in [5.74, 6) is 0.456. The van der Waals surface area contributed by atoms with Crippen LogP contribution in [0.4, 0.5) is 4.79 Å². The molecule has 0 saturated carbocycles. The summed E-state index contributed by atoms with van der Waals surface area (Å²) in [5.41, 5.74) is 1.14. The first-order valence-electron chi connectivity index (χ1n) is 8.57. The normalized spacial score (nSPS) is 15.5. The van der Waals surface area contributed by atoms with E-state index >= 15 is 0 Å². The Morgan fingerprint density at radius 1 is 0.900 bits per heavy atom. The molecule has 0 atom stereocenters. The van der Waals surface area contributed by atoms with E-state index < -0.39 is 11.1 Å². The van der Waals surface area contributed by atoms with E-state index in [1.807, 2.05) is 0 Å². The largest absolute Gasteiger partial charge is 0.457 e. The number of furan rings is 1. The molecule has 0 aliphatic carbocycles. The molecule has 0 unspecified atom stereocenters. The van der Waals surface area contributed by atoms with Crippen molar-refractivity contribution in [3.63, 3.8) is 0 Å². The minimum atomic E-state index is -0.445. The van der Waals surface area contributed by atoms with Crippen LogP contribution in [0.15, 0.2) is 57.9 Å². The zero-order valence-corrected chi connectivity index (χ0v) is 18.8. The number of benzene rings is 2. The summed E-state index contributed by atoms with van der Waals surface area (Å²) in [5, 5.41) is 1.15. The van der Waals surface area contributed by atoms with Crippen molar-refractivity contribution in [2.45, 2.75) is 6.54 Å². The fourth-order valence-corrected chi connectivity index (χ4v) is 4.61. The highest BCUT2D eigenvalue weighted by Crippen LogP contribution is 2.38. The minimum absolute atomic E-state index is 0.0119. The van der Waals surface area contributed by atoms with Crippen LogP contribution in [0.25, 0.3) is 17.4 Å². The monoisotopic (exact) mass is 497 g/mol. The number of carbonyl (C=O) groups is 2. The number of thioether (sulfide) groups is 1. The third kappa shape index (κ3) is 4.13. The molecular weight excluding hydrogens is 488 g/mol. The molecule has 2 heterocycles. The number of amides is 2. The quantitative estimate of drug-likeness (QED) is 0.344. The average molecular weight is 499 g/mol. The standard InChI is InChI=1S/C21H11Cl4NO3S/c22-14-4-2-5-15(23)13(14)10-26-20(27)18(30-21(26)28)9-11-7-8-17(29-11)12-3-1-6-16(24)19(12)25/h1-9H,10H2/b18-9+. The molecule has 1 aliphatic heterocycles. The van der Waals surface area contributed by atoms with Crippen LogP contribution in [0, 0.1) is 0 Å². The maximum absolute atomic E-state index is 12.8. The van der Waals surface area contributed by atoms with E-state index in [1.54, 1.807) is 48.5 Å². The lowest BCUT2D eigenvalue weighted by Gasteiger charge is -2.14. The summed E-state index contributed by atoms with van der Waals surface area (Å²) < 4.78 is 5.79. The number of hydrogen-bond acceptors (Lipinski definition) is 4. The van der Waals surface area contributed by atoms with Crippen LogP contribution in [0.1, 0.15) is 11.3 Å². The van der Waals surface area contributed by atoms with Crippen LogP contribution in [0.2, 0.25) is 20.1 Å². The van der Waals surface area contributed by atoms with Crippen molar-refractivity contribution < 1.29 is 14.0 Å². The predicted molar refractivity (Wildman–Crippen MR) is 122 cm³/mol. The molecule has 0 spiro atoms. The summed E-state index contributed by atoms with van der Waals surface area (Å²) in [6.07, 6.45) is 1.51. The number of carbonyl (C=O) groups excluding carboxylic acids is 2. The number of halogens is 4. The van der Waals surface area contributed by atoms with Gasteiger partial charge in [0.2, 0.25) is 0 Å². The van der Waals surface area contributed by atoms with Gasteiger partial charge in [0.1, 0.15) is 11.5 Å². The third-order valence-corrected chi connectivity index (χ3v) is 6.80. The molecule has 3 aromatic rings. The van der Waals surface area contributed by atoms with E-state index in [9.17, 15) is 9.59 Å². The molecule has 0 bridgehead atoms. The van der Waals surface area contributed by atoms with Gasteiger partial charge in [0.15, 0.2) is 0 Å². The smallest absolute Gasteiger partial charge is 0.293 e. The van der Waals surface area contributed by atoms with Crippen molar-refractivity contribution in [1.29, 1.82) is 0 Å². The van der Waals surface area contributed by atoms with E-state index in [1.165, 1.54) is 6.08 Å². The predicted octanol–water partition coefficient (Wildman–Crippen LogP) is 7.80. The van der Waals surface area contributed by atoms with Crippen LogP contribution in [0.3, 0.4) is 0 Å². The van der Waals surface area contributed by atoms with Crippen LogP contribution < -0.4 is 0 Å². The molecule has 4 rings (SSSR count). The second-order valence-corrected chi connectivity index (χ2v) is 8.86. The summed E-state index contributed by atoms with van der Waals surface area (Å²) in [6, 6.07) is 13.6. The van der Waals surface area contributed by atoms with Gasteiger partial charge in [-0.2, -0.15) is 0 Å². The van der Waals surface area contributed by atoms with Gasteiger partial charge in [-0.05, 0) is 48.2 Å². The lowest BCUT2D eigenvalue weighted by molar-refractivity contribution is -0.123. The van der Waals surface area contributed by atoms with Crippen molar-refractivity contribution in [2.24, 2.45) is 0 Å². The molecular formula is C21H11Cl4NO3S. The minimum Gasteiger partial charge on any atom is -0.457 e. The Balaban J connectivity index is 1.58. The van der Waals surface area contributed by atoms with E-state index in [0.29, 0.717) is 42.7 Å². The first kappa shape index (κ1) is 21.3. The molecule has 1 aromatic heterocycles. The van der Waals surface area contributed by atoms with Crippen LogP contribution in [0.5, 0.6) is 0 Å². The number of nitrogens with zero attached hydrogens (tertiary/aromatic N) is 1. The van der Waals surface area contributed by atoms with Crippen LogP contribution in [-0.4, -0.2) is 16.0 Å². The van der Waals surface area contributed by atoms with Gasteiger partial charge in [-0.25, -0.2) is 0 Å². The van der Waals surface area contributed by atoms with Gasteiger partial charge >= 0.3 is 0 Å². The molecule has 4 nitrogen and oxygen atoms in total. The maximum atomic E-state index is 12.8. The molecule has 1 aliphatic rings. The second kappa shape index (κ2) is 8.69. The van der Waals surface area contributed by atoms with Crippen LogP contribution in [-0.2, 0) is 11.3 Å². The highest BCUT2D eigenvalue weighted by molar-refractivity contribution is 8.18. The third-order valence-electron chi connectivity index (χ3n) is 4.37. The zero-order valence-electron chi connectivity index (χ0n) is 15.0. The van der Waals surface area contributed by atoms with Gasteiger partial charge in [-0.3, -0.25) is 14.5 Å². The SMILES string of the molecule is O=C1S/C(=C/c2ccc(-c3cccc(Cl)c3Cl)o2)C(=O)N1Cc1c(Cl)cccc1Cl. The summed E-state index contributed by atoms with van der Waals surface area (Å²) in [7, 11) is 0. The Morgan fingerprint density at radius 3 is 2.30 bits per heavy atom. The Labute approximate surface area is 196 Å². The van der Waals surface area contributed by atoms with E-state index in [0.717, 1.165) is 16.7 Å². The Kier molecular flexibility index (Phi) is 6.19. The molecule has 2 aromatic carbocycles. The highest BCUT2D eigenvalue weighted by Gasteiger charge is 2.36. The van der Waals surface area contributed by atoms with Crippen molar-refractivity contribution in [2.75, 3.05) is 0 Å². The molecule has 0 N–H and O–H groups in total. The maximum Gasteiger partial charge on any atom is 0.293 e. The van der Waals surface area contributed by atoms with Crippen molar-refractivity contribution >= 4 is 75.4 Å². The molecule has 30 heavy (non-hydrogen) atoms. The summed E-state index contributed by atoms with van der Waals surface area (Å²) in [6.45, 7) is -0.0119. The number of hydrogen-bond donors (Lipinski definition) is 0. The van der Waals surface area contributed by atoms with Gasteiger partial charge in [0, 0.05) is 27.2 Å². The molecule has 2 amide bonds. The van der Waals surface area contributed by atoms with Gasteiger partial charge in [0.25, 0.3) is 11.1 Å². The van der Waals surface area contributed by atoms with Crippen LogP contribution >= 0.6 is 58.2 Å². The molecule has 1 fully saturated rings. The lowest BCUT2D eigenvalue weighted by Crippen LogP contribution is -2.27. The Morgan fingerprint density at radius 2 is 1.57 bits per heavy atom. The van der Waals surface area contributed by atoms with E-state index in [2.05, 4.69) is 0 Å². The highest BCUT2D eigenvalue weighted by atomic mass is 35.5. The molecule has 0 radical (unpaired) electrons. The van der Waals surface area contributed by atoms with E-state index in [-0.39, 0.29) is 11.4 Å². The topological polar surface area (TPSA) is 50.5 Å². The molecule has 1 saturated heterocycles. The Bertz CT molecular complexity index is 1180. The van der Waals surface area contributed by atoms with Crippen molar-refractivity contribution in [1.82, 2.24) is 4.90 Å². The molecule has 152 valence electrons. The van der Waals surface area contributed by atoms with Gasteiger partial charge in [0.05, 0.1) is 21.5 Å². The summed E-state index contributed by atoms with van der Waals surface area (Å²) >= 11 is 25.4. The summed E-state index contributed by atoms with van der Waals surface area (Å²) in [4.78, 5) is 26.5. The first-order chi connectivity index (χ1) is 14.3. The van der Waals surface area contributed by atoms with Gasteiger partial charge in [-0.1, -0.05) is 58.5 Å². The van der Waals surface area contributed by atoms with E-state index in [4.69, 9.17) is 50.8 Å². The second-order valence-electron chi connectivity index (χ2n) is 6.27. The average Bonchev–Trinajstić information content (AvgIpc) is 3.26. The zero-order chi connectivity index (χ0) is 21.4. The lowest BCUT2D eigenvalue weighted by atomic mass is 10.2. The van der Waals surface area contributed by atoms with Crippen molar-refractivity contribution in [3.05, 3.63) is 84.9 Å². The number of imide groups is 1. The van der Waals surface area contributed by atoms with Crippen molar-refractivity contribution in [3.8, 4) is 11.3 Å².